The van der Waals surface area contributed by atoms with Gasteiger partial charge in [-0.2, -0.15) is 0 Å². The van der Waals surface area contributed by atoms with Crippen LogP contribution in [0.3, 0.4) is 0 Å². The summed E-state index contributed by atoms with van der Waals surface area (Å²) < 4.78 is 9.78. The van der Waals surface area contributed by atoms with Crippen molar-refractivity contribution < 1.29 is 14.3 Å². The molecule has 13 heavy (non-hydrogen) atoms. The molecule has 0 aliphatic heterocycles. The van der Waals surface area contributed by atoms with E-state index in [1.165, 1.54) is 13.3 Å². The lowest BCUT2D eigenvalue weighted by Crippen LogP contribution is -2.05. The summed E-state index contributed by atoms with van der Waals surface area (Å²) in [6.45, 7) is 2.36. The van der Waals surface area contributed by atoms with Gasteiger partial charge in [0.1, 0.15) is 11.3 Å². The predicted molar refractivity (Wildman–Crippen MR) is 46.7 cm³/mol. The molecule has 0 saturated carbocycles. The van der Waals surface area contributed by atoms with Gasteiger partial charge in [0.05, 0.1) is 13.7 Å². The largest absolute Gasteiger partial charge is 0.493 e. The summed E-state index contributed by atoms with van der Waals surface area (Å²) in [6, 6.07) is 1.63. The Labute approximate surface area is 76.5 Å². The van der Waals surface area contributed by atoms with Gasteiger partial charge in [0.15, 0.2) is 0 Å². The molecule has 0 aliphatic rings. The van der Waals surface area contributed by atoms with Crippen molar-refractivity contribution in [3.05, 3.63) is 24.0 Å². The minimum Gasteiger partial charge on any atom is -0.493 e. The molecule has 4 heteroatoms. The van der Waals surface area contributed by atoms with Crippen LogP contribution in [0.5, 0.6) is 5.75 Å². The highest BCUT2D eigenvalue weighted by molar-refractivity contribution is 5.91. The van der Waals surface area contributed by atoms with Crippen molar-refractivity contribution in [3.8, 4) is 5.75 Å². The first-order valence-corrected chi connectivity index (χ1v) is 3.94. The second-order valence-electron chi connectivity index (χ2n) is 2.30. The molecule has 1 heterocycles. The number of nitrogens with zero attached hydrogens (tertiary/aromatic N) is 1. The lowest BCUT2D eigenvalue weighted by molar-refractivity contribution is 0.0596. The molecule has 0 aromatic carbocycles. The quantitative estimate of drug-likeness (QED) is 0.659. The van der Waals surface area contributed by atoms with Gasteiger partial charge in [0.2, 0.25) is 0 Å². The highest BCUT2D eigenvalue weighted by Crippen LogP contribution is 2.16. The van der Waals surface area contributed by atoms with Crippen molar-refractivity contribution in [2.24, 2.45) is 0 Å². The number of esters is 1. The van der Waals surface area contributed by atoms with E-state index in [1.54, 1.807) is 12.3 Å². The van der Waals surface area contributed by atoms with Crippen LogP contribution < -0.4 is 4.74 Å². The number of pyridine rings is 1. The fraction of sp³-hybridized carbons (Fsp3) is 0.333. The van der Waals surface area contributed by atoms with Crippen LogP contribution in [0, 0.1) is 0 Å². The summed E-state index contributed by atoms with van der Waals surface area (Å²) >= 11 is 0. The van der Waals surface area contributed by atoms with Crippen LogP contribution in [0.25, 0.3) is 0 Å². The molecule has 0 radical (unpaired) electrons. The van der Waals surface area contributed by atoms with Crippen LogP contribution in [0.1, 0.15) is 17.3 Å². The molecule has 0 N–H and O–H groups in total. The first kappa shape index (κ1) is 9.51. The molecule has 1 aromatic rings. The van der Waals surface area contributed by atoms with E-state index in [1.807, 2.05) is 6.92 Å². The van der Waals surface area contributed by atoms with Crippen molar-refractivity contribution in [3.63, 3.8) is 0 Å². The van der Waals surface area contributed by atoms with Gasteiger partial charge in [-0.15, -0.1) is 0 Å². The Morgan fingerprint density at radius 1 is 1.62 bits per heavy atom. The zero-order chi connectivity index (χ0) is 9.68. The molecule has 1 aromatic heterocycles. The average Bonchev–Trinajstić information content (AvgIpc) is 2.18. The summed E-state index contributed by atoms with van der Waals surface area (Å²) in [5, 5.41) is 0. The van der Waals surface area contributed by atoms with E-state index >= 15 is 0 Å². The molecule has 70 valence electrons. The summed E-state index contributed by atoms with van der Waals surface area (Å²) in [7, 11) is 1.32. The molecule has 0 fully saturated rings. The third-order valence-electron chi connectivity index (χ3n) is 1.49. The Morgan fingerprint density at radius 2 is 2.38 bits per heavy atom. The molecular formula is C9H11NO3. The van der Waals surface area contributed by atoms with Gasteiger partial charge in [-0.3, -0.25) is 4.98 Å². The van der Waals surface area contributed by atoms with Crippen LogP contribution in [-0.2, 0) is 4.74 Å². The number of rotatable bonds is 3. The number of aromatic nitrogens is 1. The first-order chi connectivity index (χ1) is 6.29. The molecular weight excluding hydrogens is 170 g/mol. The van der Waals surface area contributed by atoms with Crippen molar-refractivity contribution in [1.82, 2.24) is 4.98 Å². The average molecular weight is 181 g/mol. The van der Waals surface area contributed by atoms with Gasteiger partial charge >= 0.3 is 5.97 Å². The second-order valence-corrected chi connectivity index (χ2v) is 2.30. The summed E-state index contributed by atoms with van der Waals surface area (Å²) in [6.07, 6.45) is 2.99. The molecule has 0 aliphatic carbocycles. The van der Waals surface area contributed by atoms with Crippen molar-refractivity contribution in [1.29, 1.82) is 0 Å². The minimum absolute atomic E-state index is 0.354. The predicted octanol–water partition coefficient (Wildman–Crippen LogP) is 1.27. The molecule has 0 spiro atoms. The van der Waals surface area contributed by atoms with Crippen molar-refractivity contribution in [2.75, 3.05) is 13.7 Å². The van der Waals surface area contributed by atoms with Gasteiger partial charge in [0.25, 0.3) is 0 Å². The van der Waals surface area contributed by atoms with E-state index in [4.69, 9.17) is 4.74 Å². The maximum atomic E-state index is 11.2. The number of hydrogen-bond acceptors (Lipinski definition) is 4. The minimum atomic E-state index is -0.434. The van der Waals surface area contributed by atoms with Gasteiger partial charge in [-0.25, -0.2) is 4.79 Å². The Morgan fingerprint density at radius 3 is 3.00 bits per heavy atom. The number of carbonyl (C=O) groups excluding carboxylic acids is 1. The topological polar surface area (TPSA) is 48.4 Å². The van der Waals surface area contributed by atoms with Gasteiger partial charge in [-0.1, -0.05) is 0 Å². The highest BCUT2D eigenvalue weighted by atomic mass is 16.5. The van der Waals surface area contributed by atoms with Gasteiger partial charge in [-0.05, 0) is 13.0 Å². The Balaban J connectivity index is 2.97. The smallest absolute Gasteiger partial charge is 0.343 e. The Bertz CT molecular complexity index is 299. The SMILES string of the molecule is CCOc1ccncc1C(=O)OC. The maximum Gasteiger partial charge on any atom is 0.343 e. The van der Waals surface area contributed by atoms with Crippen LogP contribution >= 0.6 is 0 Å². The summed E-state index contributed by atoms with van der Waals surface area (Å²) in [5.74, 6) is 0.0703. The third-order valence-corrected chi connectivity index (χ3v) is 1.49. The molecule has 0 unspecified atom stereocenters. The van der Waals surface area contributed by atoms with E-state index in [0.717, 1.165) is 0 Å². The zero-order valence-corrected chi connectivity index (χ0v) is 7.61. The normalized spacial score (nSPS) is 9.38. The Hall–Kier alpha value is -1.58. The lowest BCUT2D eigenvalue weighted by Gasteiger charge is -2.06. The number of ether oxygens (including phenoxy) is 2. The molecule has 0 atom stereocenters. The van der Waals surface area contributed by atoms with E-state index in [9.17, 15) is 4.79 Å². The number of methoxy groups -OCH3 is 1. The van der Waals surface area contributed by atoms with Gasteiger partial charge in [0, 0.05) is 12.4 Å². The van der Waals surface area contributed by atoms with Crippen molar-refractivity contribution >= 4 is 5.97 Å². The lowest BCUT2D eigenvalue weighted by atomic mass is 10.2. The molecule has 0 amide bonds. The van der Waals surface area contributed by atoms with E-state index in [2.05, 4.69) is 9.72 Å². The van der Waals surface area contributed by atoms with Gasteiger partial charge < -0.3 is 9.47 Å². The second kappa shape index (κ2) is 4.45. The van der Waals surface area contributed by atoms with E-state index in [0.29, 0.717) is 17.9 Å². The van der Waals surface area contributed by atoms with Crippen LogP contribution in [0.4, 0.5) is 0 Å². The van der Waals surface area contributed by atoms with Crippen molar-refractivity contribution in [2.45, 2.75) is 6.92 Å². The molecule has 0 bridgehead atoms. The first-order valence-electron chi connectivity index (χ1n) is 3.94. The molecule has 0 saturated heterocycles. The number of hydrogen-bond donors (Lipinski definition) is 0. The van der Waals surface area contributed by atoms with Crippen LogP contribution in [0.15, 0.2) is 18.5 Å². The van der Waals surface area contributed by atoms with Crippen LogP contribution in [0.2, 0.25) is 0 Å². The Kier molecular flexibility index (Phi) is 3.25. The number of carbonyl (C=O) groups is 1. The third kappa shape index (κ3) is 2.18. The standard InChI is InChI=1S/C9H11NO3/c1-3-13-8-4-5-10-6-7(8)9(11)12-2/h4-6H,3H2,1-2H3. The monoisotopic (exact) mass is 181 g/mol. The van der Waals surface area contributed by atoms with E-state index < -0.39 is 5.97 Å². The van der Waals surface area contributed by atoms with Crippen LogP contribution in [-0.4, -0.2) is 24.7 Å². The summed E-state index contributed by atoms with van der Waals surface area (Å²) in [4.78, 5) is 15.0. The maximum absolute atomic E-state index is 11.2. The molecule has 4 nitrogen and oxygen atoms in total. The fourth-order valence-electron chi connectivity index (χ4n) is 0.926. The summed E-state index contributed by atoms with van der Waals surface area (Å²) in [5.41, 5.74) is 0.354. The molecule has 1 rings (SSSR count). The fourth-order valence-corrected chi connectivity index (χ4v) is 0.926. The van der Waals surface area contributed by atoms with E-state index in [-0.39, 0.29) is 0 Å². The zero-order valence-electron chi connectivity index (χ0n) is 7.61. The highest BCUT2D eigenvalue weighted by Gasteiger charge is 2.11.